The molecule has 1 saturated heterocycles. The van der Waals surface area contributed by atoms with Crippen LogP contribution in [-0.4, -0.2) is 37.7 Å². The highest BCUT2D eigenvalue weighted by molar-refractivity contribution is 5.95. The summed E-state index contributed by atoms with van der Waals surface area (Å²) >= 11 is 0. The van der Waals surface area contributed by atoms with Crippen LogP contribution >= 0.6 is 0 Å². The number of carbonyl (C=O) groups excluding carboxylic acids is 2. The maximum absolute atomic E-state index is 12.4. The molecule has 1 atom stereocenters. The van der Waals surface area contributed by atoms with Crippen molar-refractivity contribution < 1.29 is 19.1 Å². The second kappa shape index (κ2) is 10.6. The zero-order valence-electron chi connectivity index (χ0n) is 17.5. The Labute approximate surface area is 177 Å². The maximum atomic E-state index is 12.4. The SMILES string of the molecule is CCC(=O)Nc1cccc(NCC(=O)Nc2cccc(OCC3CCCO3)c2)c1C. The highest BCUT2D eigenvalue weighted by Crippen LogP contribution is 2.24. The van der Waals surface area contributed by atoms with Crippen LogP contribution in [0.4, 0.5) is 17.1 Å². The van der Waals surface area contributed by atoms with Crippen molar-refractivity contribution in [2.75, 3.05) is 35.7 Å². The van der Waals surface area contributed by atoms with Gasteiger partial charge in [0.25, 0.3) is 0 Å². The number of hydrogen-bond donors (Lipinski definition) is 3. The molecule has 2 amide bonds. The molecular formula is C23H29N3O4. The molecule has 0 radical (unpaired) electrons. The van der Waals surface area contributed by atoms with Gasteiger partial charge in [0.05, 0.1) is 12.6 Å². The molecule has 160 valence electrons. The molecular weight excluding hydrogens is 382 g/mol. The van der Waals surface area contributed by atoms with Crippen molar-refractivity contribution in [3.8, 4) is 5.75 Å². The van der Waals surface area contributed by atoms with Gasteiger partial charge in [-0.25, -0.2) is 0 Å². The Hall–Kier alpha value is -3.06. The van der Waals surface area contributed by atoms with E-state index in [-0.39, 0.29) is 24.5 Å². The van der Waals surface area contributed by atoms with Gasteiger partial charge in [0.2, 0.25) is 11.8 Å². The van der Waals surface area contributed by atoms with Gasteiger partial charge in [-0.2, -0.15) is 0 Å². The maximum Gasteiger partial charge on any atom is 0.243 e. The van der Waals surface area contributed by atoms with Crippen LogP contribution in [-0.2, 0) is 14.3 Å². The van der Waals surface area contributed by atoms with Crippen molar-refractivity contribution in [1.82, 2.24) is 0 Å². The lowest BCUT2D eigenvalue weighted by Crippen LogP contribution is -2.22. The minimum Gasteiger partial charge on any atom is -0.491 e. The Morgan fingerprint density at radius 2 is 1.90 bits per heavy atom. The Balaban J connectivity index is 1.51. The van der Waals surface area contributed by atoms with Crippen LogP contribution < -0.4 is 20.7 Å². The standard InChI is InChI=1S/C23H29N3O4/c1-3-22(27)26-21-11-5-10-20(16(21)2)24-14-23(28)25-17-7-4-8-18(13-17)30-15-19-9-6-12-29-19/h4-5,7-8,10-11,13,19,24H,3,6,9,12,14-15H2,1-2H3,(H,25,28)(H,26,27). The van der Waals surface area contributed by atoms with E-state index in [1.165, 1.54) is 0 Å². The van der Waals surface area contributed by atoms with Gasteiger partial charge in [0.15, 0.2) is 0 Å². The lowest BCUT2D eigenvalue weighted by atomic mass is 10.1. The normalized spacial score (nSPS) is 15.5. The number of carbonyl (C=O) groups is 2. The topological polar surface area (TPSA) is 88.7 Å². The Morgan fingerprint density at radius 3 is 2.67 bits per heavy atom. The highest BCUT2D eigenvalue weighted by Gasteiger charge is 2.16. The number of anilines is 3. The largest absolute Gasteiger partial charge is 0.491 e. The third-order valence-corrected chi connectivity index (χ3v) is 4.95. The van der Waals surface area contributed by atoms with E-state index in [1.54, 1.807) is 13.0 Å². The summed E-state index contributed by atoms with van der Waals surface area (Å²) in [7, 11) is 0. The van der Waals surface area contributed by atoms with Crippen LogP contribution in [0, 0.1) is 6.92 Å². The summed E-state index contributed by atoms with van der Waals surface area (Å²) in [5.41, 5.74) is 3.10. The average molecular weight is 412 g/mol. The first-order valence-corrected chi connectivity index (χ1v) is 10.3. The van der Waals surface area contributed by atoms with Crippen molar-refractivity contribution in [1.29, 1.82) is 0 Å². The summed E-state index contributed by atoms with van der Waals surface area (Å²) in [5.74, 6) is 0.481. The average Bonchev–Trinajstić information content (AvgIpc) is 3.27. The van der Waals surface area contributed by atoms with Gasteiger partial charge in [0, 0.05) is 36.2 Å². The van der Waals surface area contributed by atoms with Crippen molar-refractivity contribution in [2.45, 2.75) is 39.2 Å². The quantitative estimate of drug-likeness (QED) is 0.581. The van der Waals surface area contributed by atoms with Crippen molar-refractivity contribution in [3.05, 3.63) is 48.0 Å². The van der Waals surface area contributed by atoms with E-state index < -0.39 is 0 Å². The molecule has 1 heterocycles. The molecule has 1 unspecified atom stereocenters. The summed E-state index contributed by atoms with van der Waals surface area (Å²) in [4.78, 5) is 24.0. The summed E-state index contributed by atoms with van der Waals surface area (Å²) in [6.45, 7) is 5.13. The van der Waals surface area contributed by atoms with Crippen LogP contribution in [0.2, 0.25) is 0 Å². The molecule has 3 N–H and O–H groups in total. The first kappa shape index (κ1) is 21.6. The second-order valence-electron chi connectivity index (χ2n) is 7.26. The Bertz CT molecular complexity index is 879. The molecule has 1 aliphatic heterocycles. The molecule has 1 aliphatic rings. The number of rotatable bonds is 9. The molecule has 7 nitrogen and oxygen atoms in total. The Morgan fingerprint density at radius 1 is 1.10 bits per heavy atom. The third kappa shape index (κ3) is 6.22. The lowest BCUT2D eigenvalue weighted by molar-refractivity contribution is -0.116. The minimum atomic E-state index is -0.173. The molecule has 0 spiro atoms. The van der Waals surface area contributed by atoms with Crippen LogP contribution in [0.25, 0.3) is 0 Å². The van der Waals surface area contributed by atoms with Crippen molar-refractivity contribution in [3.63, 3.8) is 0 Å². The lowest BCUT2D eigenvalue weighted by Gasteiger charge is -2.14. The van der Waals surface area contributed by atoms with Gasteiger partial charge in [-0.1, -0.05) is 19.1 Å². The van der Waals surface area contributed by atoms with Gasteiger partial charge in [-0.3, -0.25) is 9.59 Å². The van der Waals surface area contributed by atoms with Crippen LogP contribution in [0.5, 0.6) is 5.75 Å². The van der Waals surface area contributed by atoms with Crippen molar-refractivity contribution >= 4 is 28.9 Å². The summed E-state index contributed by atoms with van der Waals surface area (Å²) in [6.07, 6.45) is 2.65. The minimum absolute atomic E-state index is 0.0467. The van der Waals surface area contributed by atoms with Crippen LogP contribution in [0.3, 0.4) is 0 Å². The number of amides is 2. The fourth-order valence-corrected chi connectivity index (χ4v) is 3.21. The molecule has 0 aromatic heterocycles. The van der Waals surface area contributed by atoms with Gasteiger partial charge in [0.1, 0.15) is 12.4 Å². The smallest absolute Gasteiger partial charge is 0.243 e. The first-order chi connectivity index (χ1) is 14.5. The van der Waals surface area contributed by atoms with Gasteiger partial charge < -0.3 is 25.4 Å². The van der Waals surface area contributed by atoms with Gasteiger partial charge in [-0.15, -0.1) is 0 Å². The fourth-order valence-electron chi connectivity index (χ4n) is 3.21. The zero-order valence-corrected chi connectivity index (χ0v) is 17.5. The van der Waals surface area contributed by atoms with E-state index in [9.17, 15) is 9.59 Å². The predicted molar refractivity (Wildman–Crippen MR) is 118 cm³/mol. The first-order valence-electron chi connectivity index (χ1n) is 10.3. The van der Waals surface area contributed by atoms with Gasteiger partial charge in [-0.05, 0) is 49.6 Å². The summed E-state index contributed by atoms with van der Waals surface area (Å²) < 4.78 is 11.3. The van der Waals surface area contributed by atoms with E-state index >= 15 is 0 Å². The van der Waals surface area contributed by atoms with Crippen molar-refractivity contribution in [2.24, 2.45) is 0 Å². The van der Waals surface area contributed by atoms with Gasteiger partial charge >= 0.3 is 0 Å². The number of ether oxygens (including phenoxy) is 2. The molecule has 0 aliphatic carbocycles. The van der Waals surface area contributed by atoms with E-state index in [0.29, 0.717) is 24.5 Å². The van der Waals surface area contributed by atoms with E-state index in [0.717, 1.165) is 36.4 Å². The van der Waals surface area contributed by atoms with E-state index in [1.807, 2.05) is 43.3 Å². The number of hydrogen-bond acceptors (Lipinski definition) is 5. The third-order valence-electron chi connectivity index (χ3n) is 4.95. The molecule has 2 aromatic rings. The molecule has 3 rings (SSSR count). The van der Waals surface area contributed by atoms with Crippen LogP contribution in [0.1, 0.15) is 31.7 Å². The highest BCUT2D eigenvalue weighted by atomic mass is 16.5. The second-order valence-corrected chi connectivity index (χ2v) is 7.26. The molecule has 1 fully saturated rings. The monoisotopic (exact) mass is 411 g/mol. The molecule has 0 bridgehead atoms. The summed E-state index contributed by atoms with van der Waals surface area (Å²) in [6, 6.07) is 12.9. The van der Waals surface area contributed by atoms with E-state index in [4.69, 9.17) is 9.47 Å². The predicted octanol–water partition coefficient (Wildman–Crippen LogP) is 3.95. The fraction of sp³-hybridized carbons (Fsp3) is 0.391. The Kier molecular flexibility index (Phi) is 7.68. The molecule has 2 aromatic carbocycles. The van der Waals surface area contributed by atoms with Crippen LogP contribution in [0.15, 0.2) is 42.5 Å². The number of nitrogens with one attached hydrogen (secondary N) is 3. The number of benzene rings is 2. The summed E-state index contributed by atoms with van der Waals surface area (Å²) in [5, 5.41) is 8.87. The molecule has 0 saturated carbocycles. The van der Waals surface area contributed by atoms with E-state index in [2.05, 4.69) is 16.0 Å². The molecule has 30 heavy (non-hydrogen) atoms. The zero-order chi connectivity index (χ0) is 21.3. The molecule has 7 heteroatoms.